The average molecular weight is 206 g/mol. The molecule has 2 aromatic rings. The molecule has 0 atom stereocenters. The van der Waals surface area contributed by atoms with Gasteiger partial charge in [-0.05, 0) is 19.9 Å². The number of aromatic nitrogens is 4. The zero-order chi connectivity index (χ0) is 10.7. The fourth-order valence-electron chi connectivity index (χ4n) is 1.38. The average Bonchev–Trinajstić information content (AvgIpc) is 2.62. The Morgan fingerprint density at radius 1 is 1.47 bits per heavy atom. The van der Waals surface area contributed by atoms with Gasteiger partial charge in [0, 0.05) is 18.9 Å². The van der Waals surface area contributed by atoms with Gasteiger partial charge in [-0.2, -0.15) is 0 Å². The molecule has 15 heavy (non-hydrogen) atoms. The van der Waals surface area contributed by atoms with Crippen LogP contribution in [0.15, 0.2) is 12.4 Å². The number of aryl methyl sites for hydroxylation is 1. The lowest BCUT2D eigenvalue weighted by Crippen LogP contribution is -2.10. The predicted octanol–water partition coefficient (Wildman–Crippen LogP) is 0.193. The van der Waals surface area contributed by atoms with E-state index >= 15 is 0 Å². The zero-order valence-electron chi connectivity index (χ0n) is 8.64. The number of rotatable bonds is 4. The van der Waals surface area contributed by atoms with Gasteiger partial charge < -0.3 is 11.1 Å². The van der Waals surface area contributed by atoms with Crippen LogP contribution < -0.4 is 11.1 Å². The molecule has 0 saturated heterocycles. The molecule has 3 N–H and O–H groups in total. The van der Waals surface area contributed by atoms with E-state index in [0.717, 1.165) is 30.3 Å². The molecule has 0 aliphatic rings. The smallest absolute Gasteiger partial charge is 0.203 e. The summed E-state index contributed by atoms with van der Waals surface area (Å²) in [6, 6.07) is 0. The van der Waals surface area contributed by atoms with E-state index in [2.05, 4.69) is 20.5 Å². The Bertz CT molecular complexity index is 449. The van der Waals surface area contributed by atoms with Crippen LogP contribution in [0, 0.1) is 6.92 Å². The first-order valence-electron chi connectivity index (χ1n) is 4.93. The summed E-state index contributed by atoms with van der Waals surface area (Å²) >= 11 is 0. The van der Waals surface area contributed by atoms with Crippen LogP contribution in [-0.4, -0.2) is 32.7 Å². The zero-order valence-corrected chi connectivity index (χ0v) is 8.64. The molecule has 6 nitrogen and oxygen atoms in total. The van der Waals surface area contributed by atoms with Gasteiger partial charge in [-0.15, -0.1) is 10.2 Å². The summed E-state index contributed by atoms with van der Waals surface area (Å²) in [6.45, 7) is 3.38. The molecule has 0 aliphatic heterocycles. The summed E-state index contributed by atoms with van der Waals surface area (Å²) in [5.41, 5.74) is 6.17. The van der Waals surface area contributed by atoms with Crippen molar-refractivity contribution in [1.82, 2.24) is 19.6 Å². The molecular weight excluding hydrogens is 192 g/mol. The van der Waals surface area contributed by atoms with Crippen LogP contribution in [0.5, 0.6) is 0 Å². The first kappa shape index (κ1) is 9.85. The maximum atomic E-state index is 5.42. The Kier molecular flexibility index (Phi) is 2.77. The standard InChI is InChI=1S/C9H14N6/c1-7-13-14-9-8(11-4-2-3-10)12-5-6-15(7)9/h5-6H,2-4,10H2,1H3,(H,11,12). The molecule has 0 unspecified atom stereocenters. The Balaban J connectivity index is 2.26. The Morgan fingerprint density at radius 3 is 3.13 bits per heavy atom. The number of anilines is 1. The summed E-state index contributed by atoms with van der Waals surface area (Å²) in [6.07, 6.45) is 4.49. The van der Waals surface area contributed by atoms with Gasteiger partial charge in [0.15, 0.2) is 5.82 Å². The van der Waals surface area contributed by atoms with E-state index in [0.29, 0.717) is 6.54 Å². The van der Waals surface area contributed by atoms with Crippen molar-refractivity contribution >= 4 is 11.5 Å². The van der Waals surface area contributed by atoms with Crippen LogP contribution in [0.3, 0.4) is 0 Å². The Morgan fingerprint density at radius 2 is 2.33 bits per heavy atom. The molecule has 0 saturated carbocycles. The van der Waals surface area contributed by atoms with Gasteiger partial charge in [-0.1, -0.05) is 0 Å². The highest BCUT2D eigenvalue weighted by Gasteiger charge is 2.06. The highest BCUT2D eigenvalue weighted by atomic mass is 15.3. The van der Waals surface area contributed by atoms with Gasteiger partial charge in [0.05, 0.1) is 0 Å². The van der Waals surface area contributed by atoms with Crippen molar-refractivity contribution in [2.75, 3.05) is 18.4 Å². The van der Waals surface area contributed by atoms with Crippen LogP contribution in [0.2, 0.25) is 0 Å². The highest BCUT2D eigenvalue weighted by Crippen LogP contribution is 2.11. The molecule has 2 rings (SSSR count). The second-order valence-electron chi connectivity index (χ2n) is 3.29. The minimum Gasteiger partial charge on any atom is -0.367 e. The minimum atomic E-state index is 0.668. The molecule has 6 heteroatoms. The van der Waals surface area contributed by atoms with Gasteiger partial charge in [0.1, 0.15) is 5.82 Å². The molecule has 0 bridgehead atoms. The lowest BCUT2D eigenvalue weighted by Gasteiger charge is -2.04. The van der Waals surface area contributed by atoms with E-state index in [9.17, 15) is 0 Å². The lowest BCUT2D eigenvalue weighted by atomic mass is 10.4. The molecule has 80 valence electrons. The van der Waals surface area contributed by atoms with E-state index in [1.807, 2.05) is 17.5 Å². The molecule has 2 aromatic heterocycles. The Hall–Kier alpha value is -1.69. The third-order valence-electron chi connectivity index (χ3n) is 2.17. The number of fused-ring (bicyclic) bond motifs is 1. The maximum Gasteiger partial charge on any atom is 0.203 e. The van der Waals surface area contributed by atoms with Gasteiger partial charge >= 0.3 is 0 Å². The Labute approximate surface area is 87.5 Å². The summed E-state index contributed by atoms with van der Waals surface area (Å²) in [7, 11) is 0. The summed E-state index contributed by atoms with van der Waals surface area (Å²) < 4.78 is 1.90. The fraction of sp³-hybridized carbons (Fsp3) is 0.444. The fourth-order valence-corrected chi connectivity index (χ4v) is 1.38. The van der Waals surface area contributed by atoms with Crippen molar-refractivity contribution in [3.63, 3.8) is 0 Å². The molecule has 0 aromatic carbocycles. The van der Waals surface area contributed by atoms with E-state index in [-0.39, 0.29) is 0 Å². The van der Waals surface area contributed by atoms with Crippen molar-refractivity contribution in [3.05, 3.63) is 18.2 Å². The van der Waals surface area contributed by atoms with Crippen LogP contribution in [-0.2, 0) is 0 Å². The largest absolute Gasteiger partial charge is 0.367 e. The molecular formula is C9H14N6. The van der Waals surface area contributed by atoms with Gasteiger partial charge in [0.25, 0.3) is 0 Å². The summed E-state index contributed by atoms with van der Waals surface area (Å²) in [5, 5.41) is 11.2. The van der Waals surface area contributed by atoms with Gasteiger partial charge in [-0.3, -0.25) is 4.40 Å². The SMILES string of the molecule is Cc1nnc2c(NCCCN)nccn12. The summed E-state index contributed by atoms with van der Waals surface area (Å²) in [5.74, 6) is 1.61. The van der Waals surface area contributed by atoms with Crippen molar-refractivity contribution in [3.8, 4) is 0 Å². The number of nitrogens with one attached hydrogen (secondary N) is 1. The first-order valence-corrected chi connectivity index (χ1v) is 4.93. The van der Waals surface area contributed by atoms with Gasteiger partial charge in [0.2, 0.25) is 5.65 Å². The van der Waals surface area contributed by atoms with E-state index < -0.39 is 0 Å². The number of hydrogen-bond acceptors (Lipinski definition) is 5. The van der Waals surface area contributed by atoms with E-state index in [1.165, 1.54) is 0 Å². The van der Waals surface area contributed by atoms with Crippen LogP contribution in [0.4, 0.5) is 5.82 Å². The maximum absolute atomic E-state index is 5.42. The topological polar surface area (TPSA) is 81.1 Å². The predicted molar refractivity (Wildman–Crippen MR) is 57.7 cm³/mol. The summed E-state index contributed by atoms with van der Waals surface area (Å²) in [4.78, 5) is 4.22. The van der Waals surface area contributed by atoms with Gasteiger partial charge in [-0.25, -0.2) is 4.98 Å². The first-order chi connectivity index (χ1) is 7.33. The second-order valence-corrected chi connectivity index (χ2v) is 3.29. The molecule has 0 radical (unpaired) electrons. The van der Waals surface area contributed by atoms with Crippen LogP contribution in [0.1, 0.15) is 12.2 Å². The normalized spacial score (nSPS) is 10.8. The van der Waals surface area contributed by atoms with Crippen molar-refractivity contribution < 1.29 is 0 Å². The lowest BCUT2D eigenvalue weighted by molar-refractivity contribution is 0.869. The van der Waals surface area contributed by atoms with Crippen LogP contribution in [0.25, 0.3) is 5.65 Å². The van der Waals surface area contributed by atoms with E-state index in [4.69, 9.17) is 5.73 Å². The third kappa shape index (κ3) is 1.89. The minimum absolute atomic E-state index is 0.668. The number of nitrogens with two attached hydrogens (primary N) is 1. The van der Waals surface area contributed by atoms with Crippen molar-refractivity contribution in [1.29, 1.82) is 0 Å². The van der Waals surface area contributed by atoms with Crippen molar-refractivity contribution in [2.24, 2.45) is 5.73 Å². The quantitative estimate of drug-likeness (QED) is 0.698. The molecule has 0 spiro atoms. The molecule has 0 aliphatic carbocycles. The number of nitrogens with zero attached hydrogens (tertiary/aromatic N) is 4. The molecule has 0 fully saturated rings. The number of hydrogen-bond donors (Lipinski definition) is 2. The van der Waals surface area contributed by atoms with Crippen LogP contribution >= 0.6 is 0 Å². The highest BCUT2D eigenvalue weighted by molar-refractivity contribution is 5.61. The van der Waals surface area contributed by atoms with Crippen molar-refractivity contribution in [2.45, 2.75) is 13.3 Å². The monoisotopic (exact) mass is 206 g/mol. The van der Waals surface area contributed by atoms with E-state index in [1.54, 1.807) is 6.20 Å². The third-order valence-corrected chi connectivity index (χ3v) is 2.17. The molecule has 2 heterocycles. The molecule has 0 amide bonds. The second kappa shape index (κ2) is 4.22.